The van der Waals surface area contributed by atoms with Gasteiger partial charge < -0.3 is 10.1 Å². The monoisotopic (exact) mass is 252 g/mol. The number of nitrogens with one attached hydrogen (secondary N) is 2. The third kappa shape index (κ3) is 10.4. The van der Waals surface area contributed by atoms with E-state index in [9.17, 15) is 8.42 Å². The Balaban J connectivity index is 3.63. The van der Waals surface area contributed by atoms with Gasteiger partial charge in [0.1, 0.15) is 0 Å². The van der Waals surface area contributed by atoms with Crippen LogP contribution in [0.3, 0.4) is 0 Å². The van der Waals surface area contributed by atoms with Crippen molar-refractivity contribution in [2.45, 2.75) is 39.8 Å². The van der Waals surface area contributed by atoms with E-state index >= 15 is 0 Å². The van der Waals surface area contributed by atoms with Gasteiger partial charge in [-0.25, -0.2) is 13.1 Å². The Labute approximate surface area is 99.0 Å². The van der Waals surface area contributed by atoms with E-state index in [2.05, 4.69) is 10.0 Å². The van der Waals surface area contributed by atoms with Crippen molar-refractivity contribution in [3.63, 3.8) is 0 Å². The zero-order valence-electron chi connectivity index (χ0n) is 10.6. The zero-order valence-corrected chi connectivity index (χ0v) is 11.4. The van der Waals surface area contributed by atoms with Crippen LogP contribution in [0.2, 0.25) is 0 Å². The third-order valence-electron chi connectivity index (χ3n) is 1.80. The van der Waals surface area contributed by atoms with Crippen LogP contribution in [-0.4, -0.2) is 46.0 Å². The molecule has 0 amide bonds. The van der Waals surface area contributed by atoms with Crippen LogP contribution in [-0.2, 0) is 14.8 Å². The van der Waals surface area contributed by atoms with E-state index in [1.165, 1.54) is 0 Å². The fraction of sp³-hybridized carbons (Fsp3) is 1.00. The van der Waals surface area contributed by atoms with Gasteiger partial charge in [0.25, 0.3) is 0 Å². The number of rotatable bonds is 9. The first-order valence-electron chi connectivity index (χ1n) is 5.66. The molecule has 6 heteroatoms. The molecule has 98 valence electrons. The second-order valence-corrected chi connectivity index (χ2v) is 6.17. The first-order valence-corrected chi connectivity index (χ1v) is 7.31. The fourth-order valence-corrected chi connectivity index (χ4v) is 1.97. The van der Waals surface area contributed by atoms with E-state index in [0.717, 1.165) is 0 Å². The van der Waals surface area contributed by atoms with E-state index in [0.29, 0.717) is 25.7 Å². The Morgan fingerprint density at radius 3 is 2.25 bits per heavy atom. The number of hydrogen-bond donors (Lipinski definition) is 2. The highest BCUT2D eigenvalue weighted by atomic mass is 32.2. The average Bonchev–Trinajstić information content (AvgIpc) is 2.11. The maximum Gasteiger partial charge on any atom is 0.212 e. The van der Waals surface area contributed by atoms with Gasteiger partial charge in [-0.15, -0.1) is 0 Å². The van der Waals surface area contributed by atoms with Crippen molar-refractivity contribution in [3.05, 3.63) is 0 Å². The van der Waals surface area contributed by atoms with Crippen LogP contribution in [0.1, 0.15) is 27.7 Å². The van der Waals surface area contributed by atoms with Gasteiger partial charge in [-0.3, -0.25) is 0 Å². The molecule has 0 unspecified atom stereocenters. The predicted molar refractivity (Wildman–Crippen MR) is 66.0 cm³/mol. The van der Waals surface area contributed by atoms with Gasteiger partial charge in [0, 0.05) is 19.1 Å². The van der Waals surface area contributed by atoms with Crippen molar-refractivity contribution >= 4 is 10.0 Å². The number of hydrogen-bond acceptors (Lipinski definition) is 4. The Morgan fingerprint density at radius 2 is 1.75 bits per heavy atom. The first-order chi connectivity index (χ1) is 7.33. The van der Waals surface area contributed by atoms with Gasteiger partial charge in [-0.2, -0.15) is 0 Å². The van der Waals surface area contributed by atoms with Crippen LogP contribution in [0, 0.1) is 0 Å². The van der Waals surface area contributed by atoms with Gasteiger partial charge in [0.05, 0.1) is 18.5 Å². The molecule has 16 heavy (non-hydrogen) atoms. The fourth-order valence-electron chi connectivity index (χ4n) is 1.05. The quantitative estimate of drug-likeness (QED) is 0.580. The molecule has 0 fully saturated rings. The molecule has 0 heterocycles. The average molecular weight is 252 g/mol. The van der Waals surface area contributed by atoms with Crippen LogP contribution in [0.25, 0.3) is 0 Å². The topological polar surface area (TPSA) is 67.4 Å². The van der Waals surface area contributed by atoms with Crippen molar-refractivity contribution in [1.82, 2.24) is 10.0 Å². The maximum absolute atomic E-state index is 11.5. The summed E-state index contributed by atoms with van der Waals surface area (Å²) in [5.74, 6) is 0.104. The van der Waals surface area contributed by atoms with E-state index in [-0.39, 0.29) is 11.9 Å². The summed E-state index contributed by atoms with van der Waals surface area (Å²) >= 11 is 0. The summed E-state index contributed by atoms with van der Waals surface area (Å²) in [6.07, 6.45) is 0.132. The zero-order chi connectivity index (χ0) is 12.6. The second kappa shape index (κ2) is 8.00. The van der Waals surface area contributed by atoms with Crippen molar-refractivity contribution in [2.24, 2.45) is 0 Å². The largest absolute Gasteiger partial charge is 0.377 e. The van der Waals surface area contributed by atoms with Gasteiger partial charge in [0.15, 0.2) is 0 Å². The molecule has 0 saturated carbocycles. The molecular formula is C10H24N2O3S. The lowest BCUT2D eigenvalue weighted by Crippen LogP contribution is -2.35. The molecule has 0 aromatic carbocycles. The molecule has 0 spiro atoms. The summed E-state index contributed by atoms with van der Waals surface area (Å²) in [7, 11) is -3.17. The predicted octanol–water partition coefficient (Wildman–Crippen LogP) is 0.329. The van der Waals surface area contributed by atoms with Crippen LogP contribution in [0.4, 0.5) is 0 Å². The van der Waals surface area contributed by atoms with Gasteiger partial charge in [0.2, 0.25) is 10.0 Å². The number of sulfonamides is 1. The summed E-state index contributed by atoms with van der Waals surface area (Å²) in [5, 5.41) is 3.06. The lowest BCUT2D eigenvalue weighted by Gasteiger charge is -2.10. The molecule has 0 aliphatic rings. The van der Waals surface area contributed by atoms with Gasteiger partial charge in [-0.1, -0.05) is 13.8 Å². The van der Waals surface area contributed by atoms with Gasteiger partial charge in [-0.05, 0) is 13.8 Å². The van der Waals surface area contributed by atoms with Crippen LogP contribution in [0.5, 0.6) is 0 Å². The minimum atomic E-state index is -3.17. The van der Waals surface area contributed by atoms with Gasteiger partial charge >= 0.3 is 0 Å². The van der Waals surface area contributed by atoms with E-state index < -0.39 is 10.0 Å². The lowest BCUT2D eigenvalue weighted by atomic mass is 10.4. The third-order valence-corrected chi connectivity index (χ3v) is 3.18. The Hall–Kier alpha value is -0.170. The molecule has 0 bridgehead atoms. The maximum atomic E-state index is 11.5. The van der Waals surface area contributed by atoms with Crippen molar-refractivity contribution < 1.29 is 13.2 Å². The minimum Gasteiger partial charge on any atom is -0.377 e. The summed E-state index contributed by atoms with van der Waals surface area (Å²) in [5.41, 5.74) is 0. The summed E-state index contributed by atoms with van der Waals surface area (Å²) < 4.78 is 30.6. The van der Waals surface area contributed by atoms with Crippen molar-refractivity contribution in [3.8, 4) is 0 Å². The highest BCUT2D eigenvalue weighted by Gasteiger charge is 2.09. The first kappa shape index (κ1) is 15.8. The van der Waals surface area contributed by atoms with E-state index in [1.807, 2.05) is 27.7 Å². The molecular weight excluding hydrogens is 228 g/mol. The molecule has 0 aromatic rings. The van der Waals surface area contributed by atoms with Crippen LogP contribution in [0.15, 0.2) is 0 Å². The van der Waals surface area contributed by atoms with Crippen molar-refractivity contribution in [2.75, 3.05) is 25.4 Å². The second-order valence-electron chi connectivity index (χ2n) is 4.24. The van der Waals surface area contributed by atoms with Crippen LogP contribution < -0.4 is 10.0 Å². The number of ether oxygens (including phenoxy) is 1. The van der Waals surface area contributed by atoms with E-state index in [4.69, 9.17) is 4.74 Å². The smallest absolute Gasteiger partial charge is 0.212 e. The Kier molecular flexibility index (Phi) is 7.91. The molecule has 0 saturated heterocycles. The summed E-state index contributed by atoms with van der Waals surface area (Å²) in [6.45, 7) is 9.02. The normalized spacial score (nSPS) is 12.6. The molecule has 5 nitrogen and oxygen atoms in total. The molecule has 0 atom stereocenters. The molecule has 0 aromatic heterocycles. The highest BCUT2D eigenvalue weighted by molar-refractivity contribution is 7.89. The Morgan fingerprint density at radius 1 is 1.12 bits per heavy atom. The van der Waals surface area contributed by atoms with Crippen molar-refractivity contribution in [1.29, 1.82) is 0 Å². The minimum absolute atomic E-state index is 0.104. The molecule has 0 aliphatic carbocycles. The molecule has 0 aliphatic heterocycles. The standard InChI is InChI=1S/C10H24N2O3S/c1-9(2)11-6-8-16(13,14)12-5-7-15-10(3)4/h9-12H,5-8H2,1-4H3. The summed E-state index contributed by atoms with van der Waals surface area (Å²) in [6, 6.07) is 0.305. The van der Waals surface area contributed by atoms with E-state index in [1.54, 1.807) is 0 Å². The summed E-state index contributed by atoms with van der Waals surface area (Å²) in [4.78, 5) is 0. The SMILES string of the molecule is CC(C)NCCS(=O)(=O)NCCOC(C)C. The molecule has 0 radical (unpaired) electrons. The molecule has 0 rings (SSSR count). The highest BCUT2D eigenvalue weighted by Crippen LogP contribution is 1.88. The van der Waals surface area contributed by atoms with Crippen LogP contribution >= 0.6 is 0 Å². The Bertz CT molecular complexity index is 263. The lowest BCUT2D eigenvalue weighted by molar-refractivity contribution is 0.0834. The molecule has 2 N–H and O–H groups in total.